The zero-order valence-electron chi connectivity index (χ0n) is 17.8. The molecule has 4 aliphatic carbocycles. The molecule has 1 aromatic carbocycles. The van der Waals surface area contributed by atoms with Crippen LogP contribution in [0.4, 0.5) is 0 Å². The van der Waals surface area contributed by atoms with Crippen molar-refractivity contribution in [1.82, 2.24) is 10.0 Å². The lowest BCUT2D eigenvalue weighted by atomic mass is 9.54. The van der Waals surface area contributed by atoms with Crippen molar-refractivity contribution in [3.8, 4) is 0 Å². The molecule has 4 bridgehead atoms. The molecule has 5 rings (SSSR count). The van der Waals surface area contributed by atoms with Gasteiger partial charge in [-0.1, -0.05) is 26.0 Å². The molecule has 0 aliphatic heterocycles. The number of hydrogen-bond donors (Lipinski definition) is 2. The highest BCUT2D eigenvalue weighted by molar-refractivity contribution is 7.97. The van der Waals surface area contributed by atoms with Gasteiger partial charge in [-0.15, -0.1) is 0 Å². The summed E-state index contributed by atoms with van der Waals surface area (Å²) in [6.45, 7) is 8.48. The zero-order chi connectivity index (χ0) is 19.9. The molecule has 2 N–H and O–H groups in total. The Kier molecular flexibility index (Phi) is 5.81. The largest absolute Gasteiger partial charge is 0.351 e. The summed E-state index contributed by atoms with van der Waals surface area (Å²) in [4.78, 5) is 14.2. The minimum absolute atomic E-state index is 0.147. The first-order chi connectivity index (χ1) is 13.4. The van der Waals surface area contributed by atoms with Gasteiger partial charge in [-0.3, -0.25) is 4.79 Å². The van der Waals surface area contributed by atoms with Gasteiger partial charge in [0.25, 0.3) is 0 Å². The van der Waals surface area contributed by atoms with Gasteiger partial charge in [-0.25, -0.2) is 4.72 Å². The third-order valence-corrected chi connectivity index (χ3v) is 8.70. The van der Waals surface area contributed by atoms with Crippen LogP contribution < -0.4 is 10.0 Å². The Morgan fingerprint density at radius 1 is 1.07 bits per heavy atom. The van der Waals surface area contributed by atoms with Crippen molar-refractivity contribution < 1.29 is 4.79 Å². The minimum atomic E-state index is -0.589. The maximum absolute atomic E-state index is 13.1. The van der Waals surface area contributed by atoms with Crippen LogP contribution in [0.1, 0.15) is 77.7 Å². The maximum Gasteiger partial charge on any atom is 0.240 e. The second-order valence-corrected chi connectivity index (χ2v) is 11.0. The van der Waals surface area contributed by atoms with Crippen LogP contribution in [0, 0.1) is 23.7 Å². The molecule has 1 unspecified atom stereocenters. The number of carbonyl (C=O) groups is 1. The van der Waals surface area contributed by atoms with Crippen molar-refractivity contribution in [3.05, 3.63) is 29.8 Å². The van der Waals surface area contributed by atoms with Gasteiger partial charge in [0.05, 0.1) is 0 Å². The van der Waals surface area contributed by atoms with Crippen molar-refractivity contribution in [2.24, 2.45) is 23.7 Å². The summed E-state index contributed by atoms with van der Waals surface area (Å²) in [6.07, 6.45) is 7.95. The van der Waals surface area contributed by atoms with E-state index in [1.807, 2.05) is 13.8 Å². The monoisotopic (exact) mass is 400 g/mol. The van der Waals surface area contributed by atoms with E-state index in [0.717, 1.165) is 35.0 Å². The molecule has 0 aromatic heterocycles. The lowest BCUT2D eigenvalue weighted by Gasteiger charge is -2.54. The summed E-state index contributed by atoms with van der Waals surface area (Å²) in [5.74, 6) is 4.06. The normalized spacial score (nSPS) is 32.4. The van der Waals surface area contributed by atoms with Gasteiger partial charge >= 0.3 is 0 Å². The van der Waals surface area contributed by atoms with Crippen molar-refractivity contribution in [2.75, 3.05) is 0 Å². The van der Waals surface area contributed by atoms with Crippen molar-refractivity contribution in [1.29, 1.82) is 0 Å². The second-order valence-electron chi connectivity index (χ2n) is 10.1. The molecule has 4 heteroatoms. The lowest BCUT2D eigenvalue weighted by molar-refractivity contribution is -0.129. The summed E-state index contributed by atoms with van der Waals surface area (Å²) in [7, 11) is 0. The highest BCUT2D eigenvalue weighted by atomic mass is 32.2. The molecule has 0 saturated heterocycles. The fraction of sp³-hybridized carbons (Fsp3) is 0.708. The molecule has 0 radical (unpaired) electrons. The first kappa shape index (κ1) is 20.3. The summed E-state index contributed by atoms with van der Waals surface area (Å²) in [5.41, 5.74) is 0.792. The topological polar surface area (TPSA) is 41.1 Å². The Morgan fingerprint density at radius 3 is 2.18 bits per heavy atom. The standard InChI is InChI=1S/C24H36N2OS/c1-5-15(2)18-6-8-21(9-7-18)28-26-24(3,4)23(27)25-22-19-11-16-10-17(13-19)14-20(22)12-16/h6-9,15-17,19-20,22,26H,5,10-14H2,1-4H3,(H,25,27). The van der Waals surface area contributed by atoms with E-state index in [1.165, 1.54) is 37.7 Å². The third-order valence-electron chi connectivity index (χ3n) is 7.58. The number of carbonyl (C=O) groups excluding carboxylic acids is 1. The number of nitrogens with one attached hydrogen (secondary N) is 2. The number of amides is 1. The number of rotatable bonds is 7. The fourth-order valence-corrected chi connectivity index (χ4v) is 6.56. The molecule has 28 heavy (non-hydrogen) atoms. The predicted octanol–water partition coefficient (Wildman–Crippen LogP) is 5.52. The molecule has 4 aliphatic rings. The van der Waals surface area contributed by atoms with Crippen LogP contribution in [0.25, 0.3) is 0 Å². The summed E-state index contributed by atoms with van der Waals surface area (Å²) in [6, 6.07) is 9.14. The zero-order valence-corrected chi connectivity index (χ0v) is 18.6. The first-order valence-electron chi connectivity index (χ1n) is 11.2. The smallest absolute Gasteiger partial charge is 0.240 e. The Morgan fingerprint density at radius 2 is 1.64 bits per heavy atom. The first-order valence-corrected chi connectivity index (χ1v) is 12.0. The van der Waals surface area contributed by atoms with Crippen LogP contribution in [0.3, 0.4) is 0 Å². The molecule has 1 amide bonds. The summed E-state index contributed by atoms with van der Waals surface area (Å²) < 4.78 is 3.42. The van der Waals surface area contributed by atoms with E-state index in [9.17, 15) is 4.79 Å². The van der Waals surface area contributed by atoms with Crippen molar-refractivity contribution in [2.45, 2.75) is 88.6 Å². The molecule has 1 atom stereocenters. The molecular weight excluding hydrogens is 364 g/mol. The highest BCUT2D eigenvalue weighted by Gasteiger charge is 2.49. The second kappa shape index (κ2) is 8.02. The number of hydrogen-bond acceptors (Lipinski definition) is 3. The van der Waals surface area contributed by atoms with Gasteiger partial charge in [0.15, 0.2) is 0 Å². The lowest BCUT2D eigenvalue weighted by Crippen LogP contribution is -2.60. The van der Waals surface area contributed by atoms with Gasteiger partial charge in [-0.05, 0) is 112 Å². The Balaban J connectivity index is 1.32. The summed E-state index contributed by atoms with van der Waals surface area (Å²) >= 11 is 1.56. The van der Waals surface area contributed by atoms with Crippen molar-refractivity contribution in [3.63, 3.8) is 0 Å². The van der Waals surface area contributed by atoms with Gasteiger partial charge in [0.1, 0.15) is 5.54 Å². The Labute approximate surface area is 175 Å². The average Bonchev–Trinajstić information content (AvgIpc) is 2.68. The van der Waals surface area contributed by atoms with Crippen LogP contribution in [0.5, 0.6) is 0 Å². The van der Waals surface area contributed by atoms with E-state index in [1.54, 1.807) is 11.9 Å². The highest BCUT2D eigenvalue weighted by Crippen LogP contribution is 2.53. The van der Waals surface area contributed by atoms with E-state index in [-0.39, 0.29) is 5.91 Å². The Bertz CT molecular complexity index is 671. The molecule has 4 saturated carbocycles. The van der Waals surface area contributed by atoms with E-state index < -0.39 is 5.54 Å². The van der Waals surface area contributed by atoms with Crippen LogP contribution in [-0.4, -0.2) is 17.5 Å². The maximum atomic E-state index is 13.1. The third kappa shape index (κ3) is 4.14. The van der Waals surface area contributed by atoms with Gasteiger partial charge in [0, 0.05) is 10.9 Å². The quantitative estimate of drug-likeness (QED) is 0.592. The molecule has 3 nitrogen and oxygen atoms in total. The van der Waals surface area contributed by atoms with Crippen molar-refractivity contribution >= 4 is 17.9 Å². The molecule has 154 valence electrons. The molecule has 0 spiro atoms. The predicted molar refractivity (Wildman–Crippen MR) is 117 cm³/mol. The van der Waals surface area contributed by atoms with Crippen LogP contribution in [-0.2, 0) is 4.79 Å². The van der Waals surface area contributed by atoms with Crippen LogP contribution >= 0.6 is 11.9 Å². The number of benzene rings is 1. The van der Waals surface area contributed by atoms with E-state index >= 15 is 0 Å². The molecule has 0 heterocycles. The Hall–Kier alpha value is -1.00. The minimum Gasteiger partial charge on any atom is -0.351 e. The summed E-state index contributed by atoms with van der Waals surface area (Å²) in [5, 5.41) is 3.46. The molecular formula is C24H36N2OS. The SMILES string of the molecule is CCC(C)c1ccc(SNC(C)(C)C(=O)NC2C3CC4CC(C3)CC2C4)cc1. The van der Waals surface area contributed by atoms with Gasteiger partial charge < -0.3 is 5.32 Å². The van der Waals surface area contributed by atoms with E-state index in [4.69, 9.17) is 0 Å². The van der Waals surface area contributed by atoms with E-state index in [0.29, 0.717) is 12.0 Å². The van der Waals surface area contributed by atoms with Gasteiger partial charge in [-0.2, -0.15) is 0 Å². The fourth-order valence-electron chi connectivity index (χ4n) is 5.83. The average molecular weight is 401 g/mol. The molecule has 4 fully saturated rings. The molecule has 1 aromatic rings. The van der Waals surface area contributed by atoms with E-state index in [2.05, 4.69) is 48.2 Å². The van der Waals surface area contributed by atoms with Crippen LogP contribution in [0.2, 0.25) is 0 Å². The van der Waals surface area contributed by atoms with Crippen LogP contribution in [0.15, 0.2) is 29.2 Å². The van der Waals surface area contributed by atoms with Gasteiger partial charge in [0.2, 0.25) is 5.91 Å².